The molecule has 194 valence electrons. The number of carbonyl (C=O) groups excluding carboxylic acids is 2. The second-order valence-electron chi connectivity index (χ2n) is 9.54. The van der Waals surface area contributed by atoms with Gasteiger partial charge in [0.2, 0.25) is 5.91 Å². The highest BCUT2D eigenvalue weighted by Crippen LogP contribution is 2.31. The van der Waals surface area contributed by atoms with Gasteiger partial charge in [0, 0.05) is 69.5 Å². The van der Waals surface area contributed by atoms with Crippen molar-refractivity contribution in [3.8, 4) is 0 Å². The van der Waals surface area contributed by atoms with Gasteiger partial charge in [-0.2, -0.15) is 13.2 Å². The third-order valence-electron chi connectivity index (χ3n) is 7.12. The predicted octanol–water partition coefficient (Wildman–Crippen LogP) is 4.14. The Morgan fingerprint density at radius 2 is 1.89 bits per heavy atom. The summed E-state index contributed by atoms with van der Waals surface area (Å²) in [6.07, 6.45) is -4.05. The van der Waals surface area contributed by atoms with Gasteiger partial charge in [-0.15, -0.1) is 0 Å². The Balaban J connectivity index is 1.35. The fourth-order valence-electron chi connectivity index (χ4n) is 5.02. The lowest BCUT2D eigenvalue weighted by atomic mass is 10.1. The predicted molar refractivity (Wildman–Crippen MR) is 126 cm³/mol. The lowest BCUT2D eigenvalue weighted by molar-refractivity contribution is -0.200. The summed E-state index contributed by atoms with van der Waals surface area (Å²) >= 11 is 6.33. The first kappa shape index (κ1) is 25.9. The summed E-state index contributed by atoms with van der Waals surface area (Å²) in [6.45, 7) is 5.58. The van der Waals surface area contributed by atoms with Gasteiger partial charge in [0.25, 0.3) is 0 Å². The summed E-state index contributed by atoms with van der Waals surface area (Å²) < 4.78 is 42.6. The highest BCUT2D eigenvalue weighted by atomic mass is 35.5. The number of hydrogen-bond donors (Lipinski definition) is 0. The van der Waals surface area contributed by atoms with Crippen molar-refractivity contribution in [1.82, 2.24) is 14.7 Å². The summed E-state index contributed by atoms with van der Waals surface area (Å²) in [6, 6.07) is 6.03. The number of piperidine rings is 1. The number of carbonyl (C=O) groups is 2. The van der Waals surface area contributed by atoms with Gasteiger partial charge < -0.3 is 19.4 Å². The molecule has 35 heavy (non-hydrogen) atoms. The van der Waals surface area contributed by atoms with E-state index in [2.05, 4.69) is 14.5 Å². The molecular formula is C24H32ClF3N4O3. The molecule has 0 bridgehead atoms. The van der Waals surface area contributed by atoms with E-state index in [1.54, 1.807) is 0 Å². The van der Waals surface area contributed by atoms with E-state index in [1.165, 1.54) is 4.90 Å². The number of anilines is 1. The summed E-state index contributed by atoms with van der Waals surface area (Å²) in [5.74, 6) is 0.246. The number of amides is 2. The van der Waals surface area contributed by atoms with E-state index in [0.29, 0.717) is 44.2 Å². The SMILES string of the molecule is CC(OC(=O)N1CCN(Cc2ccc(Cl)cc2N2CC[C@@H](N3CCCCC3=O)C2)CC1)C(F)(F)F. The molecule has 3 fully saturated rings. The number of likely N-dealkylation sites (tertiary alicyclic amines) is 1. The van der Waals surface area contributed by atoms with Gasteiger partial charge in [0.05, 0.1) is 6.04 Å². The smallest absolute Gasteiger partial charge is 0.425 e. The minimum atomic E-state index is -4.57. The van der Waals surface area contributed by atoms with E-state index in [9.17, 15) is 22.8 Å². The maximum absolute atomic E-state index is 12.7. The van der Waals surface area contributed by atoms with Crippen molar-refractivity contribution in [2.75, 3.05) is 50.7 Å². The van der Waals surface area contributed by atoms with Crippen LogP contribution in [0.2, 0.25) is 5.02 Å². The van der Waals surface area contributed by atoms with Crippen LogP contribution in [0.4, 0.5) is 23.7 Å². The molecule has 3 aliphatic rings. The summed E-state index contributed by atoms with van der Waals surface area (Å²) in [7, 11) is 0. The van der Waals surface area contributed by atoms with Gasteiger partial charge in [-0.25, -0.2) is 4.79 Å². The normalized spacial score (nSPS) is 23.1. The van der Waals surface area contributed by atoms with Crippen molar-refractivity contribution in [3.05, 3.63) is 28.8 Å². The van der Waals surface area contributed by atoms with Gasteiger partial charge in [0.1, 0.15) is 0 Å². The van der Waals surface area contributed by atoms with E-state index < -0.39 is 18.4 Å². The molecule has 0 radical (unpaired) electrons. The number of ether oxygens (including phenoxy) is 1. The van der Waals surface area contributed by atoms with E-state index in [1.807, 2.05) is 23.1 Å². The monoisotopic (exact) mass is 516 g/mol. The minimum Gasteiger partial charge on any atom is -0.437 e. The lowest BCUT2D eigenvalue weighted by Gasteiger charge is -2.35. The minimum absolute atomic E-state index is 0.211. The number of nitrogens with zero attached hydrogens (tertiary/aromatic N) is 4. The second kappa shape index (κ2) is 10.8. The molecule has 0 aromatic heterocycles. The highest BCUT2D eigenvalue weighted by Gasteiger charge is 2.40. The molecule has 1 aromatic carbocycles. The van der Waals surface area contributed by atoms with Crippen LogP contribution >= 0.6 is 11.6 Å². The number of benzene rings is 1. The van der Waals surface area contributed by atoms with Gasteiger partial charge in [0.15, 0.2) is 6.10 Å². The second-order valence-corrected chi connectivity index (χ2v) is 9.97. The number of rotatable bonds is 5. The Morgan fingerprint density at radius 3 is 2.57 bits per heavy atom. The van der Waals surface area contributed by atoms with Crippen LogP contribution in [0.15, 0.2) is 18.2 Å². The molecule has 2 amide bonds. The van der Waals surface area contributed by atoms with E-state index in [0.717, 1.165) is 57.1 Å². The molecule has 7 nitrogen and oxygen atoms in total. The van der Waals surface area contributed by atoms with Crippen molar-refractivity contribution in [3.63, 3.8) is 0 Å². The average molecular weight is 517 g/mol. The van der Waals surface area contributed by atoms with Crippen LogP contribution in [0.3, 0.4) is 0 Å². The fourth-order valence-corrected chi connectivity index (χ4v) is 5.18. The molecule has 0 spiro atoms. The topological polar surface area (TPSA) is 56.3 Å². The zero-order valence-electron chi connectivity index (χ0n) is 19.9. The average Bonchev–Trinajstić information content (AvgIpc) is 3.30. The van der Waals surface area contributed by atoms with E-state index in [4.69, 9.17) is 11.6 Å². The first-order valence-electron chi connectivity index (χ1n) is 12.2. The largest absolute Gasteiger partial charge is 0.437 e. The van der Waals surface area contributed by atoms with Crippen LogP contribution in [0.5, 0.6) is 0 Å². The lowest BCUT2D eigenvalue weighted by Crippen LogP contribution is -2.49. The molecule has 0 aliphatic carbocycles. The quantitative estimate of drug-likeness (QED) is 0.589. The zero-order valence-corrected chi connectivity index (χ0v) is 20.7. The molecule has 11 heteroatoms. The van der Waals surface area contributed by atoms with Gasteiger partial charge in [-0.1, -0.05) is 17.7 Å². The first-order valence-corrected chi connectivity index (χ1v) is 12.6. The highest BCUT2D eigenvalue weighted by molar-refractivity contribution is 6.30. The van der Waals surface area contributed by atoms with Gasteiger partial charge >= 0.3 is 12.3 Å². The molecule has 2 atom stereocenters. The summed E-state index contributed by atoms with van der Waals surface area (Å²) in [5, 5.41) is 0.646. The number of alkyl halides is 3. The fraction of sp³-hybridized carbons (Fsp3) is 0.667. The van der Waals surface area contributed by atoms with Gasteiger partial charge in [-0.3, -0.25) is 9.69 Å². The van der Waals surface area contributed by atoms with Crippen LogP contribution in [0.1, 0.15) is 38.2 Å². The Morgan fingerprint density at radius 1 is 1.14 bits per heavy atom. The van der Waals surface area contributed by atoms with Crippen molar-refractivity contribution < 1.29 is 27.5 Å². The molecule has 1 aromatic rings. The van der Waals surface area contributed by atoms with Crippen LogP contribution in [-0.4, -0.2) is 90.8 Å². The van der Waals surface area contributed by atoms with Crippen LogP contribution in [-0.2, 0) is 16.1 Å². The maximum Gasteiger partial charge on any atom is 0.425 e. The van der Waals surface area contributed by atoms with Crippen LogP contribution in [0.25, 0.3) is 0 Å². The van der Waals surface area contributed by atoms with Crippen molar-refractivity contribution in [1.29, 1.82) is 0 Å². The number of hydrogen-bond acceptors (Lipinski definition) is 5. The van der Waals surface area contributed by atoms with E-state index >= 15 is 0 Å². The van der Waals surface area contributed by atoms with Crippen molar-refractivity contribution in [2.45, 2.75) is 57.5 Å². The van der Waals surface area contributed by atoms with Crippen LogP contribution < -0.4 is 4.90 Å². The Labute approximate surface area is 208 Å². The van der Waals surface area contributed by atoms with Crippen LogP contribution in [0, 0.1) is 0 Å². The molecule has 1 unspecified atom stereocenters. The molecule has 0 N–H and O–H groups in total. The molecular weight excluding hydrogens is 485 g/mol. The maximum atomic E-state index is 12.7. The molecule has 0 saturated carbocycles. The summed E-state index contributed by atoms with van der Waals surface area (Å²) in [5.41, 5.74) is 2.15. The van der Waals surface area contributed by atoms with Gasteiger partial charge in [-0.05, 0) is 43.9 Å². The zero-order chi connectivity index (χ0) is 25.2. The van der Waals surface area contributed by atoms with Crippen molar-refractivity contribution in [2.24, 2.45) is 0 Å². The summed E-state index contributed by atoms with van der Waals surface area (Å²) in [4.78, 5) is 32.3. The number of piperazine rings is 1. The molecule has 4 rings (SSSR count). The Kier molecular flexibility index (Phi) is 8.00. The Bertz CT molecular complexity index is 924. The third-order valence-corrected chi connectivity index (χ3v) is 7.35. The van der Waals surface area contributed by atoms with Crippen molar-refractivity contribution >= 4 is 29.3 Å². The molecule has 3 heterocycles. The molecule has 3 aliphatic heterocycles. The first-order chi connectivity index (χ1) is 16.6. The van der Waals surface area contributed by atoms with E-state index in [-0.39, 0.29) is 11.9 Å². The Hall–Kier alpha value is -2.20. The third kappa shape index (κ3) is 6.33. The number of halogens is 4. The standard InChI is InChI=1S/C24H32ClF3N4O3/c1-17(24(26,27)28)35-23(34)30-12-10-29(11-13-30)15-18-5-6-19(25)14-21(18)31-9-7-20(16-31)32-8-3-2-4-22(32)33/h5-6,14,17,20H,2-4,7-13,15-16H2,1H3/t17?,20-/m1/s1. The molecule has 3 saturated heterocycles.